The Labute approximate surface area is 114 Å². The van der Waals surface area contributed by atoms with Crippen LogP contribution in [0.2, 0.25) is 5.02 Å². The maximum absolute atomic E-state index is 11.6. The lowest BCUT2D eigenvalue weighted by molar-refractivity contribution is 0.0601. The number of hydrogen-bond acceptors (Lipinski definition) is 5. The number of hydrogen-bond donors (Lipinski definition) is 1. The number of carbonyl (C=O) groups is 1. The SMILES string of the molecule is COC(=O)c1cc(Cl)ccc1N=C(NC#N)SC. The number of esters is 1. The van der Waals surface area contributed by atoms with E-state index in [1.165, 1.54) is 24.9 Å². The minimum Gasteiger partial charge on any atom is -0.465 e. The largest absolute Gasteiger partial charge is 0.465 e. The van der Waals surface area contributed by atoms with Gasteiger partial charge in [0.05, 0.1) is 18.4 Å². The second-order valence-corrected chi connectivity index (χ2v) is 4.24. The topological polar surface area (TPSA) is 74.5 Å². The van der Waals surface area contributed by atoms with Crippen LogP contribution in [0.3, 0.4) is 0 Å². The van der Waals surface area contributed by atoms with E-state index in [9.17, 15) is 4.79 Å². The van der Waals surface area contributed by atoms with Crippen molar-refractivity contribution in [2.24, 2.45) is 4.99 Å². The zero-order chi connectivity index (χ0) is 13.5. The Bertz CT molecular complexity index is 526. The van der Waals surface area contributed by atoms with Gasteiger partial charge in [-0.1, -0.05) is 23.4 Å². The second-order valence-electron chi connectivity index (χ2n) is 3.01. The fourth-order valence-electron chi connectivity index (χ4n) is 1.16. The Kier molecular flexibility index (Phi) is 5.49. The standard InChI is InChI=1S/C11H10ClN3O2S/c1-17-10(16)8-5-7(12)3-4-9(8)15-11(18-2)14-6-13/h3-5H,1-2H3,(H,14,15). The lowest BCUT2D eigenvalue weighted by Crippen LogP contribution is -2.13. The van der Waals surface area contributed by atoms with E-state index in [0.717, 1.165) is 0 Å². The average molecular weight is 284 g/mol. The summed E-state index contributed by atoms with van der Waals surface area (Å²) < 4.78 is 4.65. The van der Waals surface area contributed by atoms with Crippen LogP contribution in [0.4, 0.5) is 5.69 Å². The Balaban J connectivity index is 3.23. The number of benzene rings is 1. The summed E-state index contributed by atoms with van der Waals surface area (Å²) in [5.74, 6) is -0.534. The van der Waals surface area contributed by atoms with Crippen molar-refractivity contribution in [1.82, 2.24) is 5.32 Å². The van der Waals surface area contributed by atoms with Crippen molar-refractivity contribution >= 4 is 40.2 Å². The van der Waals surface area contributed by atoms with Gasteiger partial charge in [0.1, 0.15) is 0 Å². The maximum atomic E-state index is 11.6. The first-order chi connectivity index (χ1) is 8.62. The second kappa shape index (κ2) is 6.89. The van der Waals surface area contributed by atoms with Gasteiger partial charge >= 0.3 is 5.97 Å². The number of halogens is 1. The molecule has 1 N–H and O–H groups in total. The smallest absolute Gasteiger partial charge is 0.340 e. The van der Waals surface area contributed by atoms with E-state index in [2.05, 4.69) is 15.0 Å². The van der Waals surface area contributed by atoms with Crippen LogP contribution in [-0.4, -0.2) is 24.5 Å². The van der Waals surface area contributed by atoms with E-state index in [0.29, 0.717) is 15.9 Å². The summed E-state index contributed by atoms with van der Waals surface area (Å²) in [6.07, 6.45) is 3.53. The lowest BCUT2D eigenvalue weighted by Gasteiger charge is -2.06. The molecule has 0 radical (unpaired) electrons. The summed E-state index contributed by atoms with van der Waals surface area (Å²) >= 11 is 7.07. The van der Waals surface area contributed by atoms with Gasteiger partial charge in [0.2, 0.25) is 0 Å². The molecule has 0 bridgehead atoms. The van der Waals surface area contributed by atoms with Gasteiger partial charge in [0.15, 0.2) is 11.4 Å². The van der Waals surface area contributed by atoms with E-state index in [1.54, 1.807) is 24.6 Å². The monoisotopic (exact) mass is 283 g/mol. The van der Waals surface area contributed by atoms with Gasteiger partial charge in [-0.3, -0.25) is 5.32 Å². The summed E-state index contributed by atoms with van der Waals surface area (Å²) in [5, 5.41) is 11.7. The van der Waals surface area contributed by atoms with E-state index in [1.807, 2.05) is 0 Å². The average Bonchev–Trinajstić information content (AvgIpc) is 2.39. The van der Waals surface area contributed by atoms with Crippen molar-refractivity contribution in [2.75, 3.05) is 13.4 Å². The molecule has 0 spiro atoms. The number of nitriles is 1. The first-order valence-electron chi connectivity index (χ1n) is 4.78. The van der Waals surface area contributed by atoms with Crippen LogP contribution < -0.4 is 5.32 Å². The van der Waals surface area contributed by atoms with Crippen molar-refractivity contribution in [1.29, 1.82) is 5.26 Å². The predicted octanol–water partition coefficient (Wildman–Crippen LogP) is 2.55. The Morgan fingerprint density at radius 3 is 2.89 bits per heavy atom. The van der Waals surface area contributed by atoms with Crippen LogP contribution in [0.15, 0.2) is 23.2 Å². The van der Waals surface area contributed by atoms with Gasteiger partial charge in [-0.2, -0.15) is 5.26 Å². The van der Waals surface area contributed by atoms with E-state index < -0.39 is 5.97 Å². The van der Waals surface area contributed by atoms with Crippen molar-refractivity contribution < 1.29 is 9.53 Å². The molecule has 0 aliphatic rings. The minimum atomic E-state index is -0.534. The molecule has 0 unspecified atom stereocenters. The van der Waals surface area contributed by atoms with Crippen molar-refractivity contribution in [3.63, 3.8) is 0 Å². The molecule has 0 aromatic heterocycles. The predicted molar refractivity (Wildman–Crippen MR) is 72.2 cm³/mol. The van der Waals surface area contributed by atoms with Gasteiger partial charge in [-0.25, -0.2) is 9.79 Å². The number of ether oxygens (including phenoxy) is 1. The highest BCUT2D eigenvalue weighted by Crippen LogP contribution is 2.25. The maximum Gasteiger partial charge on any atom is 0.340 e. The number of nitrogens with one attached hydrogen (secondary N) is 1. The van der Waals surface area contributed by atoms with Crippen LogP contribution in [0, 0.1) is 11.5 Å². The van der Waals surface area contributed by atoms with E-state index >= 15 is 0 Å². The third-order valence-corrected chi connectivity index (χ3v) is 2.76. The number of rotatable bonds is 2. The van der Waals surface area contributed by atoms with E-state index in [-0.39, 0.29) is 5.56 Å². The Hall–Kier alpha value is -1.71. The van der Waals surface area contributed by atoms with Gasteiger partial charge in [0, 0.05) is 5.02 Å². The molecule has 94 valence electrons. The van der Waals surface area contributed by atoms with Gasteiger partial charge in [-0.15, -0.1) is 0 Å². The molecule has 1 rings (SSSR count). The molecule has 0 heterocycles. The van der Waals surface area contributed by atoms with Crippen molar-refractivity contribution in [3.8, 4) is 6.19 Å². The van der Waals surface area contributed by atoms with Crippen LogP contribution >= 0.6 is 23.4 Å². The molecule has 0 saturated heterocycles. The summed E-state index contributed by atoms with van der Waals surface area (Å²) in [4.78, 5) is 15.7. The van der Waals surface area contributed by atoms with Gasteiger partial charge < -0.3 is 4.74 Å². The quantitative estimate of drug-likeness (QED) is 0.297. The first kappa shape index (κ1) is 14.4. The number of thioether (sulfide) groups is 1. The van der Waals surface area contributed by atoms with Crippen molar-refractivity contribution in [3.05, 3.63) is 28.8 Å². The highest BCUT2D eigenvalue weighted by molar-refractivity contribution is 8.13. The summed E-state index contributed by atoms with van der Waals surface area (Å²) in [6, 6.07) is 4.66. The normalized spacial score (nSPS) is 10.7. The van der Waals surface area contributed by atoms with Gasteiger partial charge in [-0.05, 0) is 24.5 Å². The summed E-state index contributed by atoms with van der Waals surface area (Å²) in [5.41, 5.74) is 0.634. The van der Waals surface area contributed by atoms with Crippen LogP contribution in [-0.2, 0) is 4.74 Å². The molecule has 0 aliphatic carbocycles. The molecule has 1 aromatic rings. The molecular formula is C11H10ClN3O2S. The first-order valence-corrected chi connectivity index (χ1v) is 6.38. The minimum absolute atomic E-state index is 0.247. The van der Waals surface area contributed by atoms with Gasteiger partial charge in [0.25, 0.3) is 0 Å². The van der Waals surface area contributed by atoms with Crippen LogP contribution in [0.1, 0.15) is 10.4 Å². The molecule has 0 atom stereocenters. The molecule has 0 saturated carbocycles. The fourth-order valence-corrected chi connectivity index (χ4v) is 1.67. The Morgan fingerprint density at radius 1 is 1.61 bits per heavy atom. The lowest BCUT2D eigenvalue weighted by atomic mass is 10.2. The zero-order valence-corrected chi connectivity index (χ0v) is 11.3. The Morgan fingerprint density at radius 2 is 2.33 bits per heavy atom. The number of amidine groups is 1. The summed E-state index contributed by atoms with van der Waals surface area (Å²) in [6.45, 7) is 0. The molecular weight excluding hydrogens is 274 g/mol. The number of aliphatic imine (C=N–C) groups is 1. The van der Waals surface area contributed by atoms with Crippen LogP contribution in [0.5, 0.6) is 0 Å². The molecule has 0 aliphatic heterocycles. The molecule has 0 amide bonds. The van der Waals surface area contributed by atoms with Crippen molar-refractivity contribution in [2.45, 2.75) is 0 Å². The molecule has 5 nitrogen and oxygen atoms in total. The number of methoxy groups -OCH3 is 1. The molecule has 0 fully saturated rings. The van der Waals surface area contributed by atoms with E-state index in [4.69, 9.17) is 16.9 Å². The van der Waals surface area contributed by atoms with Crippen LogP contribution in [0.25, 0.3) is 0 Å². The third kappa shape index (κ3) is 3.65. The fraction of sp³-hybridized carbons (Fsp3) is 0.182. The summed E-state index contributed by atoms with van der Waals surface area (Å²) in [7, 11) is 1.28. The molecule has 1 aromatic carbocycles. The third-order valence-electron chi connectivity index (χ3n) is 1.94. The number of carbonyl (C=O) groups excluding carboxylic acids is 1. The zero-order valence-electron chi connectivity index (χ0n) is 9.73. The number of nitrogens with zero attached hydrogens (tertiary/aromatic N) is 2. The highest BCUT2D eigenvalue weighted by atomic mass is 35.5. The molecule has 18 heavy (non-hydrogen) atoms. The highest BCUT2D eigenvalue weighted by Gasteiger charge is 2.12. The molecule has 7 heteroatoms.